The molecule has 2 aliphatic rings. The summed E-state index contributed by atoms with van der Waals surface area (Å²) in [6.07, 6.45) is 5.09. The third-order valence-electron chi connectivity index (χ3n) is 8.52. The van der Waals surface area contributed by atoms with Gasteiger partial charge in [0.1, 0.15) is 0 Å². The summed E-state index contributed by atoms with van der Waals surface area (Å²) in [5.74, 6) is 0.561. The standard InChI is InChI=1S/C31H36ClN7O2/c1-36(2)26-13-18-38(19-14-26)29(40)22-5-11-25(12-6-22)33-30-34-28-27(4-3-17-39(28)35-30)37-20-15-31(41,16-21-37)23-7-9-24(32)10-8-23/h3-12,17,26,41H,13-16,18-21H2,1-2H3,(H,33,35). The Kier molecular flexibility index (Phi) is 7.59. The van der Waals surface area contributed by atoms with E-state index in [1.54, 1.807) is 4.52 Å². The molecular formula is C31H36ClN7O2. The molecule has 2 saturated heterocycles. The highest BCUT2D eigenvalue weighted by atomic mass is 35.5. The second kappa shape index (κ2) is 11.3. The van der Waals surface area contributed by atoms with Crippen LogP contribution in [-0.4, -0.2) is 81.7 Å². The number of nitrogens with one attached hydrogen (secondary N) is 1. The summed E-state index contributed by atoms with van der Waals surface area (Å²) in [4.78, 5) is 24.2. The number of benzene rings is 2. The molecule has 4 aromatic rings. The lowest BCUT2D eigenvalue weighted by Gasteiger charge is -2.39. The average Bonchev–Trinajstić information content (AvgIpc) is 3.41. The second-order valence-corrected chi connectivity index (χ2v) is 11.7. The fourth-order valence-electron chi connectivity index (χ4n) is 5.95. The maximum absolute atomic E-state index is 13.0. The van der Waals surface area contributed by atoms with Gasteiger partial charge in [0.05, 0.1) is 11.3 Å². The van der Waals surface area contributed by atoms with E-state index in [0.29, 0.717) is 48.5 Å². The van der Waals surface area contributed by atoms with Crippen molar-refractivity contribution >= 4 is 40.5 Å². The largest absolute Gasteiger partial charge is 0.385 e. The molecule has 0 spiro atoms. The molecule has 1 amide bonds. The number of hydrogen-bond donors (Lipinski definition) is 2. The number of fused-ring (bicyclic) bond motifs is 1. The molecule has 2 aromatic heterocycles. The van der Waals surface area contributed by atoms with Crippen LogP contribution in [0.1, 0.15) is 41.6 Å². The number of hydrogen-bond acceptors (Lipinski definition) is 7. The highest BCUT2D eigenvalue weighted by molar-refractivity contribution is 6.30. The zero-order chi connectivity index (χ0) is 28.6. The minimum absolute atomic E-state index is 0.0775. The molecule has 2 aromatic carbocycles. The van der Waals surface area contributed by atoms with Crippen LogP contribution in [-0.2, 0) is 5.60 Å². The van der Waals surface area contributed by atoms with Crippen LogP contribution in [0.25, 0.3) is 5.65 Å². The fourth-order valence-corrected chi connectivity index (χ4v) is 6.08. The summed E-state index contributed by atoms with van der Waals surface area (Å²) >= 11 is 6.04. The van der Waals surface area contributed by atoms with E-state index >= 15 is 0 Å². The number of aliphatic hydroxyl groups is 1. The zero-order valence-electron chi connectivity index (χ0n) is 23.5. The van der Waals surface area contributed by atoms with Crippen molar-refractivity contribution < 1.29 is 9.90 Å². The first kappa shape index (κ1) is 27.5. The summed E-state index contributed by atoms with van der Waals surface area (Å²) in [7, 11) is 4.20. The van der Waals surface area contributed by atoms with Gasteiger partial charge in [0.2, 0.25) is 5.95 Å². The summed E-state index contributed by atoms with van der Waals surface area (Å²) < 4.78 is 1.77. The van der Waals surface area contributed by atoms with Crippen LogP contribution in [0.3, 0.4) is 0 Å². The predicted octanol–water partition coefficient (Wildman–Crippen LogP) is 4.78. The molecule has 6 rings (SSSR count). The quantitative estimate of drug-likeness (QED) is 0.343. The summed E-state index contributed by atoms with van der Waals surface area (Å²) in [5.41, 5.74) is 3.26. The van der Waals surface area contributed by atoms with Gasteiger partial charge in [0.25, 0.3) is 5.91 Å². The van der Waals surface area contributed by atoms with Crippen molar-refractivity contribution in [2.75, 3.05) is 50.5 Å². The summed E-state index contributed by atoms with van der Waals surface area (Å²) in [6.45, 7) is 2.95. The fraction of sp³-hybridized carbons (Fsp3) is 0.387. The monoisotopic (exact) mass is 573 g/mol. The minimum Gasteiger partial charge on any atom is -0.385 e. The van der Waals surface area contributed by atoms with Crippen LogP contribution in [0.2, 0.25) is 5.02 Å². The Bertz CT molecular complexity index is 1500. The number of aromatic nitrogens is 3. The number of pyridine rings is 1. The molecular weight excluding hydrogens is 538 g/mol. The maximum atomic E-state index is 13.0. The summed E-state index contributed by atoms with van der Waals surface area (Å²) in [5, 5.41) is 19.9. The van der Waals surface area contributed by atoms with Crippen molar-refractivity contribution in [2.24, 2.45) is 0 Å². The van der Waals surface area contributed by atoms with E-state index in [-0.39, 0.29) is 5.91 Å². The number of likely N-dealkylation sites (tertiary alicyclic amines) is 1. The molecule has 9 nitrogen and oxygen atoms in total. The lowest BCUT2D eigenvalue weighted by molar-refractivity contribution is 0.0118. The van der Waals surface area contributed by atoms with Crippen molar-refractivity contribution in [1.82, 2.24) is 24.4 Å². The van der Waals surface area contributed by atoms with Gasteiger partial charge in [-0.15, -0.1) is 5.10 Å². The number of carbonyl (C=O) groups excluding carboxylic acids is 1. The molecule has 2 fully saturated rings. The number of amides is 1. The normalized spacial score (nSPS) is 17.8. The molecule has 4 heterocycles. The third-order valence-corrected chi connectivity index (χ3v) is 8.78. The van der Waals surface area contributed by atoms with E-state index in [4.69, 9.17) is 16.6 Å². The Hall–Kier alpha value is -3.66. The molecule has 0 aliphatic carbocycles. The Morgan fingerprint density at radius 2 is 1.68 bits per heavy atom. The lowest BCUT2D eigenvalue weighted by atomic mass is 9.84. The smallest absolute Gasteiger partial charge is 0.253 e. The Labute approximate surface area is 245 Å². The molecule has 2 N–H and O–H groups in total. The first-order valence-electron chi connectivity index (χ1n) is 14.2. The number of carbonyl (C=O) groups is 1. The van der Waals surface area contributed by atoms with Crippen LogP contribution >= 0.6 is 11.6 Å². The molecule has 0 bridgehead atoms. The second-order valence-electron chi connectivity index (χ2n) is 11.3. The summed E-state index contributed by atoms with van der Waals surface area (Å²) in [6, 6.07) is 19.5. The van der Waals surface area contributed by atoms with Gasteiger partial charge in [0, 0.05) is 54.7 Å². The van der Waals surface area contributed by atoms with Crippen LogP contribution in [0, 0.1) is 0 Å². The Balaban J connectivity index is 1.11. The van der Waals surface area contributed by atoms with Crippen molar-refractivity contribution in [2.45, 2.75) is 37.3 Å². The van der Waals surface area contributed by atoms with E-state index in [1.165, 1.54) is 0 Å². The third kappa shape index (κ3) is 5.75. The first-order chi connectivity index (χ1) is 19.8. The number of piperidine rings is 2. The number of rotatable bonds is 6. The van der Waals surface area contributed by atoms with Gasteiger partial charge in [0.15, 0.2) is 5.65 Å². The molecule has 0 unspecified atom stereocenters. The zero-order valence-corrected chi connectivity index (χ0v) is 24.3. The van der Waals surface area contributed by atoms with Crippen molar-refractivity contribution in [3.8, 4) is 0 Å². The van der Waals surface area contributed by atoms with E-state index in [9.17, 15) is 9.90 Å². The van der Waals surface area contributed by atoms with Crippen molar-refractivity contribution in [3.05, 3.63) is 83.0 Å². The van der Waals surface area contributed by atoms with Crippen LogP contribution < -0.4 is 10.2 Å². The van der Waals surface area contributed by atoms with Crippen molar-refractivity contribution in [1.29, 1.82) is 0 Å². The van der Waals surface area contributed by atoms with E-state index in [2.05, 4.69) is 34.3 Å². The number of nitrogens with zero attached hydrogens (tertiary/aromatic N) is 6. The molecule has 10 heteroatoms. The SMILES string of the molecule is CN(C)C1CCN(C(=O)c2ccc(Nc3nc4c(N5CCC(O)(c6ccc(Cl)cc6)CC5)cccn4n3)cc2)CC1. The maximum Gasteiger partial charge on any atom is 0.253 e. The Morgan fingerprint density at radius 1 is 1.00 bits per heavy atom. The van der Waals surface area contributed by atoms with E-state index in [1.807, 2.05) is 71.8 Å². The molecule has 0 atom stereocenters. The average molecular weight is 574 g/mol. The van der Waals surface area contributed by atoms with Crippen LogP contribution in [0.4, 0.5) is 17.3 Å². The molecule has 2 aliphatic heterocycles. The highest BCUT2D eigenvalue weighted by Crippen LogP contribution is 2.36. The molecule has 0 saturated carbocycles. The topological polar surface area (TPSA) is 89.2 Å². The van der Waals surface area contributed by atoms with Crippen LogP contribution in [0.15, 0.2) is 66.9 Å². The van der Waals surface area contributed by atoms with Gasteiger partial charge in [-0.2, -0.15) is 4.98 Å². The van der Waals surface area contributed by atoms with Gasteiger partial charge >= 0.3 is 0 Å². The molecule has 0 radical (unpaired) electrons. The minimum atomic E-state index is -0.872. The lowest BCUT2D eigenvalue weighted by Crippen LogP contribution is -2.44. The van der Waals surface area contributed by atoms with Gasteiger partial charge < -0.3 is 25.1 Å². The first-order valence-corrected chi connectivity index (χ1v) is 14.6. The Morgan fingerprint density at radius 3 is 2.34 bits per heavy atom. The van der Waals surface area contributed by atoms with E-state index < -0.39 is 5.60 Å². The van der Waals surface area contributed by atoms with Crippen molar-refractivity contribution in [3.63, 3.8) is 0 Å². The molecule has 214 valence electrons. The van der Waals surface area contributed by atoms with Gasteiger partial charge in [-0.25, -0.2) is 4.52 Å². The van der Waals surface area contributed by atoms with Crippen LogP contribution in [0.5, 0.6) is 0 Å². The van der Waals surface area contributed by atoms with Gasteiger partial charge in [-0.3, -0.25) is 4.79 Å². The van der Waals surface area contributed by atoms with E-state index in [0.717, 1.165) is 48.5 Å². The van der Waals surface area contributed by atoms with Gasteiger partial charge in [-0.1, -0.05) is 23.7 Å². The predicted molar refractivity (Wildman–Crippen MR) is 162 cm³/mol. The highest BCUT2D eigenvalue weighted by Gasteiger charge is 2.34. The number of anilines is 3. The number of halogens is 1. The van der Waals surface area contributed by atoms with Gasteiger partial charge in [-0.05, 0) is 93.9 Å². The molecule has 41 heavy (non-hydrogen) atoms.